The predicted molar refractivity (Wildman–Crippen MR) is 66.5 cm³/mol. The zero-order valence-corrected chi connectivity index (χ0v) is 10.3. The van der Waals surface area contributed by atoms with Crippen molar-refractivity contribution in [3.8, 4) is 6.07 Å². The van der Waals surface area contributed by atoms with E-state index in [1.807, 2.05) is 31.2 Å². The first kappa shape index (κ1) is 13.5. The molecule has 0 spiro atoms. The number of carbonyl (C=O) groups is 1. The molecule has 0 fully saturated rings. The van der Waals surface area contributed by atoms with Gasteiger partial charge >= 0.3 is 0 Å². The Morgan fingerprint density at radius 1 is 1.59 bits per heavy atom. The van der Waals surface area contributed by atoms with Crippen molar-refractivity contribution < 1.29 is 4.79 Å². The molecule has 0 aliphatic heterocycles. The zero-order valence-electron chi connectivity index (χ0n) is 9.53. The highest BCUT2D eigenvalue weighted by Gasteiger charge is 2.07. The van der Waals surface area contributed by atoms with Crippen LogP contribution in [0.5, 0.6) is 0 Å². The summed E-state index contributed by atoms with van der Waals surface area (Å²) in [6.45, 7) is 2.16. The molecule has 0 bridgehead atoms. The second kappa shape index (κ2) is 6.89. The van der Waals surface area contributed by atoms with Gasteiger partial charge in [0.1, 0.15) is 6.54 Å². The lowest BCUT2D eigenvalue weighted by Gasteiger charge is -2.13. The summed E-state index contributed by atoms with van der Waals surface area (Å²) in [6.07, 6.45) is 0. The fourth-order valence-corrected chi connectivity index (χ4v) is 1.54. The zero-order chi connectivity index (χ0) is 12.7. The van der Waals surface area contributed by atoms with Gasteiger partial charge in [-0.1, -0.05) is 23.7 Å². The van der Waals surface area contributed by atoms with Crippen LogP contribution in [0.2, 0.25) is 5.02 Å². The van der Waals surface area contributed by atoms with E-state index in [4.69, 9.17) is 16.9 Å². The highest BCUT2D eigenvalue weighted by atomic mass is 35.5. The number of nitrogens with one attached hydrogen (secondary N) is 2. The maximum Gasteiger partial charge on any atom is 0.234 e. The first-order valence-corrected chi connectivity index (χ1v) is 5.63. The quantitative estimate of drug-likeness (QED) is 0.782. The smallest absolute Gasteiger partial charge is 0.234 e. The minimum absolute atomic E-state index is 0.0292. The van der Waals surface area contributed by atoms with Crippen LogP contribution >= 0.6 is 11.6 Å². The summed E-state index contributed by atoms with van der Waals surface area (Å²) >= 11 is 5.88. The number of nitrogens with zero attached hydrogens (tertiary/aromatic N) is 1. The van der Waals surface area contributed by atoms with Crippen molar-refractivity contribution in [3.05, 3.63) is 34.9 Å². The minimum atomic E-state index is -0.194. The average Bonchev–Trinajstić information content (AvgIpc) is 2.33. The summed E-state index contributed by atoms with van der Waals surface area (Å²) in [6, 6.07) is 9.34. The van der Waals surface area contributed by atoms with E-state index >= 15 is 0 Å². The second-order valence-corrected chi connectivity index (χ2v) is 4.03. The molecule has 17 heavy (non-hydrogen) atoms. The summed E-state index contributed by atoms with van der Waals surface area (Å²) in [5, 5.41) is 14.5. The highest BCUT2D eigenvalue weighted by Crippen LogP contribution is 2.16. The monoisotopic (exact) mass is 251 g/mol. The molecule has 1 aromatic carbocycles. The fourth-order valence-electron chi connectivity index (χ4n) is 1.34. The number of rotatable bonds is 5. The maximum absolute atomic E-state index is 11.3. The Balaban J connectivity index is 2.42. The third-order valence-corrected chi connectivity index (χ3v) is 2.52. The lowest BCUT2D eigenvalue weighted by Crippen LogP contribution is -2.35. The number of hydrogen-bond acceptors (Lipinski definition) is 3. The molecule has 0 aliphatic rings. The Morgan fingerprint density at radius 2 is 2.35 bits per heavy atom. The van der Waals surface area contributed by atoms with Crippen LogP contribution in [-0.4, -0.2) is 19.0 Å². The van der Waals surface area contributed by atoms with Crippen molar-refractivity contribution in [1.29, 1.82) is 5.26 Å². The van der Waals surface area contributed by atoms with E-state index in [2.05, 4.69) is 10.6 Å². The van der Waals surface area contributed by atoms with Crippen LogP contribution in [0.3, 0.4) is 0 Å². The Hall–Kier alpha value is -1.57. The lowest BCUT2D eigenvalue weighted by atomic mass is 10.1. The van der Waals surface area contributed by atoms with E-state index in [9.17, 15) is 4.79 Å². The van der Waals surface area contributed by atoms with Crippen LogP contribution in [0, 0.1) is 11.3 Å². The van der Waals surface area contributed by atoms with Gasteiger partial charge in [0.2, 0.25) is 5.91 Å². The molecule has 2 N–H and O–H groups in total. The number of halogens is 1. The third kappa shape index (κ3) is 4.85. The molecular formula is C12H14ClN3O. The van der Waals surface area contributed by atoms with Crippen LogP contribution in [0.4, 0.5) is 0 Å². The third-order valence-electron chi connectivity index (χ3n) is 2.28. The van der Waals surface area contributed by atoms with Crippen molar-refractivity contribution in [3.63, 3.8) is 0 Å². The second-order valence-electron chi connectivity index (χ2n) is 3.59. The van der Waals surface area contributed by atoms with Gasteiger partial charge in [0, 0.05) is 11.1 Å². The molecule has 1 atom stereocenters. The first-order chi connectivity index (χ1) is 8.13. The predicted octanol–water partition coefficient (Wildman–Crippen LogP) is 1.63. The molecule has 90 valence electrons. The molecule has 0 unspecified atom stereocenters. The highest BCUT2D eigenvalue weighted by molar-refractivity contribution is 6.30. The molecular weight excluding hydrogens is 238 g/mol. The van der Waals surface area contributed by atoms with Gasteiger partial charge in [0.25, 0.3) is 0 Å². The van der Waals surface area contributed by atoms with Crippen LogP contribution in [-0.2, 0) is 4.79 Å². The standard InChI is InChI=1S/C12H14ClN3O/c1-9(10-3-2-4-11(13)7-10)16-8-12(17)15-6-5-14/h2-4,7,9,16H,6,8H2,1H3,(H,15,17)/t9-/m0/s1. The Labute approximate surface area is 106 Å². The molecule has 1 aromatic rings. The molecule has 1 rings (SSSR count). The maximum atomic E-state index is 11.3. The van der Waals surface area contributed by atoms with Gasteiger partial charge in [-0.3, -0.25) is 4.79 Å². The summed E-state index contributed by atoms with van der Waals surface area (Å²) in [5.41, 5.74) is 1.02. The summed E-state index contributed by atoms with van der Waals surface area (Å²) in [7, 11) is 0. The van der Waals surface area contributed by atoms with E-state index in [0.717, 1.165) is 5.56 Å². The molecule has 0 saturated heterocycles. The lowest BCUT2D eigenvalue weighted by molar-refractivity contribution is -0.120. The number of amides is 1. The minimum Gasteiger partial charge on any atom is -0.342 e. The van der Waals surface area contributed by atoms with E-state index in [0.29, 0.717) is 5.02 Å². The van der Waals surface area contributed by atoms with Gasteiger partial charge < -0.3 is 10.6 Å². The van der Waals surface area contributed by atoms with Crippen LogP contribution < -0.4 is 10.6 Å². The largest absolute Gasteiger partial charge is 0.342 e. The Morgan fingerprint density at radius 3 is 3.00 bits per heavy atom. The molecule has 4 nitrogen and oxygen atoms in total. The van der Waals surface area contributed by atoms with E-state index in [-0.39, 0.29) is 25.0 Å². The van der Waals surface area contributed by atoms with Crippen molar-refractivity contribution in [1.82, 2.24) is 10.6 Å². The van der Waals surface area contributed by atoms with Crippen molar-refractivity contribution in [2.75, 3.05) is 13.1 Å². The normalized spacial score (nSPS) is 11.6. The van der Waals surface area contributed by atoms with Gasteiger partial charge in [-0.25, -0.2) is 0 Å². The molecule has 5 heteroatoms. The molecule has 0 aromatic heterocycles. The van der Waals surface area contributed by atoms with Crippen molar-refractivity contribution >= 4 is 17.5 Å². The molecule has 0 aliphatic carbocycles. The molecule has 0 radical (unpaired) electrons. The van der Waals surface area contributed by atoms with Gasteiger partial charge in [0.15, 0.2) is 0 Å². The number of carbonyl (C=O) groups excluding carboxylic acids is 1. The summed E-state index contributed by atoms with van der Waals surface area (Å²) in [4.78, 5) is 11.3. The summed E-state index contributed by atoms with van der Waals surface area (Å²) in [5.74, 6) is -0.194. The average molecular weight is 252 g/mol. The molecule has 0 saturated carbocycles. The van der Waals surface area contributed by atoms with E-state index in [1.54, 1.807) is 6.07 Å². The Kier molecular flexibility index (Phi) is 5.47. The van der Waals surface area contributed by atoms with Gasteiger partial charge in [0.05, 0.1) is 12.6 Å². The number of benzene rings is 1. The van der Waals surface area contributed by atoms with Crippen molar-refractivity contribution in [2.45, 2.75) is 13.0 Å². The number of nitriles is 1. The van der Waals surface area contributed by atoms with Gasteiger partial charge in [-0.05, 0) is 24.6 Å². The number of hydrogen-bond donors (Lipinski definition) is 2. The fraction of sp³-hybridized carbons (Fsp3) is 0.333. The molecule has 1 amide bonds. The van der Waals surface area contributed by atoms with E-state index < -0.39 is 0 Å². The Bertz CT molecular complexity index is 428. The SMILES string of the molecule is C[C@H](NCC(=O)NCC#N)c1cccc(Cl)c1. The van der Waals surface area contributed by atoms with E-state index in [1.165, 1.54) is 0 Å². The van der Waals surface area contributed by atoms with Crippen molar-refractivity contribution in [2.24, 2.45) is 0 Å². The van der Waals surface area contributed by atoms with Crippen LogP contribution in [0.15, 0.2) is 24.3 Å². The summed E-state index contributed by atoms with van der Waals surface area (Å²) < 4.78 is 0. The van der Waals surface area contributed by atoms with Gasteiger partial charge in [-0.2, -0.15) is 5.26 Å². The first-order valence-electron chi connectivity index (χ1n) is 5.26. The molecule has 0 heterocycles. The van der Waals surface area contributed by atoms with Gasteiger partial charge in [-0.15, -0.1) is 0 Å². The van der Waals surface area contributed by atoms with Crippen LogP contribution in [0.25, 0.3) is 0 Å². The topological polar surface area (TPSA) is 64.9 Å². The van der Waals surface area contributed by atoms with Crippen LogP contribution in [0.1, 0.15) is 18.5 Å².